The van der Waals surface area contributed by atoms with E-state index in [-0.39, 0.29) is 23.1 Å². The van der Waals surface area contributed by atoms with Crippen molar-refractivity contribution in [3.8, 4) is 0 Å². The molecule has 0 spiro atoms. The summed E-state index contributed by atoms with van der Waals surface area (Å²) in [5, 5.41) is 6.91. The van der Waals surface area contributed by atoms with Crippen molar-refractivity contribution in [2.45, 2.75) is 12.5 Å². The van der Waals surface area contributed by atoms with Gasteiger partial charge in [0.05, 0.1) is 23.4 Å². The fourth-order valence-electron chi connectivity index (χ4n) is 1.74. The summed E-state index contributed by atoms with van der Waals surface area (Å²) in [4.78, 5) is 11.6. The molecule has 1 aliphatic rings. The maximum Gasteiger partial charge on any atom is 0.282 e. The number of aryl methyl sites for hydroxylation is 1. The van der Waals surface area contributed by atoms with E-state index in [1.165, 1.54) is 10.9 Å². The standard InChI is InChI=1S/C9H12BrN3O3S/c1-13-9(14)8(10)7(4-11-13)12-6-2-3-17(15,16)5-6/h4,6,12H,2-3,5H2,1H3. The molecule has 1 aliphatic heterocycles. The summed E-state index contributed by atoms with van der Waals surface area (Å²) >= 11 is 3.18. The fraction of sp³-hybridized carbons (Fsp3) is 0.556. The first kappa shape index (κ1) is 12.6. The van der Waals surface area contributed by atoms with Crippen LogP contribution in [0.15, 0.2) is 15.5 Å². The van der Waals surface area contributed by atoms with Crippen LogP contribution in [0.4, 0.5) is 5.69 Å². The van der Waals surface area contributed by atoms with Gasteiger partial charge in [-0.3, -0.25) is 4.79 Å². The third-order valence-electron chi connectivity index (χ3n) is 2.67. The number of rotatable bonds is 2. The summed E-state index contributed by atoms with van der Waals surface area (Å²) < 4.78 is 24.2. The van der Waals surface area contributed by atoms with E-state index in [0.29, 0.717) is 16.6 Å². The van der Waals surface area contributed by atoms with Crippen LogP contribution in [0.2, 0.25) is 0 Å². The highest BCUT2D eigenvalue weighted by atomic mass is 79.9. The van der Waals surface area contributed by atoms with Gasteiger partial charge in [-0.1, -0.05) is 0 Å². The zero-order valence-corrected chi connectivity index (χ0v) is 11.6. The third kappa shape index (κ3) is 2.68. The monoisotopic (exact) mass is 321 g/mol. The Labute approximate surface area is 107 Å². The van der Waals surface area contributed by atoms with Crippen LogP contribution in [0.3, 0.4) is 0 Å². The van der Waals surface area contributed by atoms with Gasteiger partial charge in [0.25, 0.3) is 5.56 Å². The third-order valence-corrected chi connectivity index (χ3v) is 5.20. The minimum Gasteiger partial charge on any atom is -0.379 e. The molecule has 1 N–H and O–H groups in total. The first-order valence-corrected chi connectivity index (χ1v) is 7.69. The van der Waals surface area contributed by atoms with Crippen LogP contribution < -0.4 is 10.9 Å². The number of halogens is 1. The summed E-state index contributed by atoms with van der Waals surface area (Å²) in [6.45, 7) is 0. The summed E-state index contributed by atoms with van der Waals surface area (Å²) in [6.07, 6.45) is 2.07. The highest BCUT2D eigenvalue weighted by Gasteiger charge is 2.28. The van der Waals surface area contributed by atoms with Gasteiger partial charge < -0.3 is 5.32 Å². The van der Waals surface area contributed by atoms with Gasteiger partial charge in [-0.2, -0.15) is 5.10 Å². The van der Waals surface area contributed by atoms with Crippen molar-refractivity contribution in [2.75, 3.05) is 16.8 Å². The van der Waals surface area contributed by atoms with E-state index in [9.17, 15) is 13.2 Å². The van der Waals surface area contributed by atoms with Crippen LogP contribution in [0.25, 0.3) is 0 Å². The Hall–Kier alpha value is -0.890. The lowest BCUT2D eigenvalue weighted by Crippen LogP contribution is -2.25. The second-order valence-electron chi connectivity index (χ2n) is 4.05. The number of aromatic nitrogens is 2. The lowest BCUT2D eigenvalue weighted by atomic mass is 10.2. The molecule has 2 heterocycles. The Balaban J connectivity index is 2.21. The molecule has 0 aromatic carbocycles. The van der Waals surface area contributed by atoms with Crippen molar-refractivity contribution in [2.24, 2.45) is 7.05 Å². The van der Waals surface area contributed by atoms with Crippen molar-refractivity contribution < 1.29 is 8.42 Å². The number of sulfone groups is 1. The van der Waals surface area contributed by atoms with E-state index in [4.69, 9.17) is 0 Å². The van der Waals surface area contributed by atoms with E-state index >= 15 is 0 Å². The van der Waals surface area contributed by atoms with Gasteiger partial charge in [0.1, 0.15) is 4.47 Å². The summed E-state index contributed by atoms with van der Waals surface area (Å²) in [5.41, 5.74) is 0.283. The van der Waals surface area contributed by atoms with Crippen molar-refractivity contribution >= 4 is 31.5 Å². The zero-order valence-electron chi connectivity index (χ0n) is 9.18. The molecule has 0 aliphatic carbocycles. The Morgan fingerprint density at radius 2 is 2.29 bits per heavy atom. The predicted molar refractivity (Wildman–Crippen MR) is 67.9 cm³/mol. The van der Waals surface area contributed by atoms with Crippen LogP contribution >= 0.6 is 15.9 Å². The van der Waals surface area contributed by atoms with Crippen LogP contribution in [0.5, 0.6) is 0 Å². The molecule has 6 nitrogen and oxygen atoms in total. The van der Waals surface area contributed by atoms with Crippen molar-refractivity contribution in [1.29, 1.82) is 0 Å². The molecule has 1 unspecified atom stereocenters. The highest BCUT2D eigenvalue weighted by molar-refractivity contribution is 9.10. The highest BCUT2D eigenvalue weighted by Crippen LogP contribution is 2.21. The van der Waals surface area contributed by atoms with Gasteiger partial charge in [-0.25, -0.2) is 13.1 Å². The number of nitrogens with zero attached hydrogens (tertiary/aromatic N) is 2. The Kier molecular flexibility index (Phi) is 3.26. The van der Waals surface area contributed by atoms with Crippen molar-refractivity contribution in [3.63, 3.8) is 0 Å². The zero-order chi connectivity index (χ0) is 12.6. The minimum atomic E-state index is -2.93. The molecule has 0 amide bonds. The SMILES string of the molecule is Cn1ncc(NC2CCS(=O)(=O)C2)c(Br)c1=O. The molecule has 1 fully saturated rings. The predicted octanol–water partition coefficient (Wildman–Crippen LogP) is 0.142. The second-order valence-corrected chi connectivity index (χ2v) is 7.07. The molecule has 2 rings (SSSR count). The topological polar surface area (TPSA) is 81.1 Å². The number of hydrogen-bond donors (Lipinski definition) is 1. The molecule has 1 aromatic heterocycles. The average Bonchev–Trinajstić information content (AvgIpc) is 2.59. The normalized spacial score (nSPS) is 22.6. The molecule has 1 saturated heterocycles. The van der Waals surface area contributed by atoms with E-state index in [1.807, 2.05) is 0 Å². The quantitative estimate of drug-likeness (QED) is 0.838. The van der Waals surface area contributed by atoms with E-state index < -0.39 is 9.84 Å². The summed E-state index contributed by atoms with van der Waals surface area (Å²) in [7, 11) is -1.38. The van der Waals surface area contributed by atoms with Crippen LogP contribution in [-0.4, -0.2) is 35.7 Å². The number of anilines is 1. The molecule has 0 saturated carbocycles. The first-order chi connectivity index (χ1) is 7.89. The Morgan fingerprint density at radius 1 is 1.59 bits per heavy atom. The first-order valence-electron chi connectivity index (χ1n) is 5.08. The van der Waals surface area contributed by atoms with Gasteiger partial charge >= 0.3 is 0 Å². The van der Waals surface area contributed by atoms with E-state index in [1.54, 1.807) is 7.05 Å². The molecular formula is C9H12BrN3O3S. The van der Waals surface area contributed by atoms with E-state index in [2.05, 4.69) is 26.3 Å². The van der Waals surface area contributed by atoms with Gasteiger partial charge in [0.2, 0.25) is 0 Å². The number of nitrogens with one attached hydrogen (secondary N) is 1. The van der Waals surface area contributed by atoms with Gasteiger partial charge in [0.15, 0.2) is 9.84 Å². The maximum atomic E-state index is 11.6. The Morgan fingerprint density at radius 3 is 2.88 bits per heavy atom. The molecule has 1 aromatic rings. The smallest absolute Gasteiger partial charge is 0.282 e. The average molecular weight is 322 g/mol. The molecule has 8 heteroatoms. The number of hydrogen-bond acceptors (Lipinski definition) is 5. The fourth-order valence-corrected chi connectivity index (χ4v) is 3.89. The molecule has 1 atom stereocenters. The molecular weight excluding hydrogens is 310 g/mol. The van der Waals surface area contributed by atoms with E-state index in [0.717, 1.165) is 0 Å². The maximum absolute atomic E-state index is 11.6. The molecule has 0 radical (unpaired) electrons. The van der Waals surface area contributed by atoms with Gasteiger partial charge in [-0.15, -0.1) is 0 Å². The lowest BCUT2D eigenvalue weighted by Gasteiger charge is -2.13. The Bertz CT molecular complexity index is 596. The summed E-state index contributed by atoms with van der Waals surface area (Å²) in [6, 6.07) is -0.148. The molecule has 0 bridgehead atoms. The summed E-state index contributed by atoms with van der Waals surface area (Å²) in [5.74, 6) is 0.301. The lowest BCUT2D eigenvalue weighted by molar-refractivity contribution is 0.602. The van der Waals surface area contributed by atoms with Gasteiger partial charge in [0, 0.05) is 13.1 Å². The minimum absolute atomic E-state index is 0.106. The van der Waals surface area contributed by atoms with Crippen LogP contribution in [0.1, 0.15) is 6.42 Å². The van der Waals surface area contributed by atoms with Crippen LogP contribution in [-0.2, 0) is 16.9 Å². The van der Waals surface area contributed by atoms with Crippen molar-refractivity contribution in [1.82, 2.24) is 9.78 Å². The molecule has 94 valence electrons. The van der Waals surface area contributed by atoms with Gasteiger partial charge in [-0.05, 0) is 22.4 Å². The largest absolute Gasteiger partial charge is 0.379 e. The second kappa shape index (κ2) is 4.41. The van der Waals surface area contributed by atoms with Crippen molar-refractivity contribution in [3.05, 3.63) is 21.0 Å². The van der Waals surface area contributed by atoms with Crippen LogP contribution in [0, 0.1) is 0 Å². The molecule has 17 heavy (non-hydrogen) atoms.